The Kier molecular flexibility index (Phi) is 4.40. The fourth-order valence-electron chi connectivity index (χ4n) is 2.29. The van der Waals surface area contributed by atoms with Gasteiger partial charge in [-0.3, -0.25) is 4.90 Å². The first-order valence-corrected chi connectivity index (χ1v) is 6.41. The molecule has 1 fully saturated rings. The van der Waals surface area contributed by atoms with Crippen LogP contribution in [-0.4, -0.2) is 37.2 Å². The maximum Gasteiger partial charge on any atom is 0.119 e. The average molecular weight is 234 g/mol. The second-order valence-corrected chi connectivity index (χ2v) is 4.87. The van der Waals surface area contributed by atoms with Crippen molar-refractivity contribution in [2.45, 2.75) is 25.8 Å². The van der Waals surface area contributed by atoms with Gasteiger partial charge in [-0.05, 0) is 44.0 Å². The van der Waals surface area contributed by atoms with Crippen LogP contribution in [0.3, 0.4) is 0 Å². The van der Waals surface area contributed by atoms with Crippen LogP contribution in [0.5, 0.6) is 5.75 Å². The molecule has 0 spiro atoms. The summed E-state index contributed by atoms with van der Waals surface area (Å²) in [6.07, 6.45) is 2.38. The molecule has 0 unspecified atom stereocenters. The van der Waals surface area contributed by atoms with Crippen molar-refractivity contribution in [3.8, 4) is 5.75 Å². The number of ether oxygens (including phenoxy) is 1. The highest BCUT2D eigenvalue weighted by Gasteiger charge is 2.15. The Morgan fingerprint density at radius 2 is 2.35 bits per heavy atom. The number of aryl methyl sites for hydroxylation is 1. The molecule has 0 amide bonds. The summed E-state index contributed by atoms with van der Waals surface area (Å²) in [5, 5.41) is 0. The minimum Gasteiger partial charge on any atom is -0.492 e. The molecule has 0 aromatic heterocycles. The van der Waals surface area contributed by atoms with Gasteiger partial charge in [0, 0.05) is 19.1 Å². The highest BCUT2D eigenvalue weighted by molar-refractivity contribution is 5.27. The molecule has 1 atom stereocenters. The summed E-state index contributed by atoms with van der Waals surface area (Å²) in [6.45, 7) is 5.97. The van der Waals surface area contributed by atoms with Crippen molar-refractivity contribution in [3.63, 3.8) is 0 Å². The van der Waals surface area contributed by atoms with Gasteiger partial charge in [0.15, 0.2) is 0 Å². The number of hydrogen-bond donors (Lipinski definition) is 1. The van der Waals surface area contributed by atoms with Gasteiger partial charge in [-0.2, -0.15) is 0 Å². The van der Waals surface area contributed by atoms with Crippen LogP contribution in [0.25, 0.3) is 0 Å². The minimum absolute atomic E-state index is 0.350. The van der Waals surface area contributed by atoms with Gasteiger partial charge in [0.25, 0.3) is 0 Å². The Morgan fingerprint density at radius 3 is 3.12 bits per heavy atom. The molecule has 1 aromatic rings. The summed E-state index contributed by atoms with van der Waals surface area (Å²) in [4.78, 5) is 2.39. The van der Waals surface area contributed by atoms with E-state index in [0.29, 0.717) is 6.04 Å². The van der Waals surface area contributed by atoms with Gasteiger partial charge in [-0.1, -0.05) is 12.1 Å². The van der Waals surface area contributed by atoms with Crippen molar-refractivity contribution in [1.29, 1.82) is 0 Å². The van der Waals surface area contributed by atoms with Crippen LogP contribution in [0.4, 0.5) is 0 Å². The molecule has 1 heterocycles. The molecule has 0 radical (unpaired) electrons. The van der Waals surface area contributed by atoms with Crippen molar-refractivity contribution >= 4 is 0 Å². The molecule has 17 heavy (non-hydrogen) atoms. The molecule has 1 aromatic carbocycles. The van der Waals surface area contributed by atoms with Crippen molar-refractivity contribution in [2.24, 2.45) is 5.73 Å². The van der Waals surface area contributed by atoms with Crippen molar-refractivity contribution in [2.75, 3.05) is 26.2 Å². The van der Waals surface area contributed by atoms with Crippen LogP contribution in [0.1, 0.15) is 18.4 Å². The van der Waals surface area contributed by atoms with E-state index in [9.17, 15) is 0 Å². The maximum atomic E-state index is 5.95. The summed E-state index contributed by atoms with van der Waals surface area (Å²) >= 11 is 0. The van der Waals surface area contributed by atoms with E-state index in [0.717, 1.165) is 38.4 Å². The Labute approximate surface area is 104 Å². The number of rotatable bonds is 4. The Bertz CT molecular complexity index is 354. The zero-order valence-electron chi connectivity index (χ0n) is 10.6. The predicted molar refractivity (Wildman–Crippen MR) is 70.3 cm³/mol. The van der Waals surface area contributed by atoms with E-state index in [1.807, 2.05) is 12.1 Å². The van der Waals surface area contributed by atoms with Gasteiger partial charge in [0.1, 0.15) is 12.4 Å². The second kappa shape index (κ2) is 6.03. The average Bonchev–Trinajstić information content (AvgIpc) is 2.29. The Balaban J connectivity index is 1.72. The lowest BCUT2D eigenvalue weighted by molar-refractivity contribution is 0.171. The quantitative estimate of drug-likeness (QED) is 0.863. The van der Waals surface area contributed by atoms with E-state index in [-0.39, 0.29) is 0 Å². The Morgan fingerprint density at radius 1 is 1.47 bits per heavy atom. The fourth-order valence-corrected chi connectivity index (χ4v) is 2.29. The standard InChI is InChI=1S/C14H22N2O/c1-12-4-2-6-14(10-12)17-9-8-16-7-3-5-13(15)11-16/h2,4,6,10,13H,3,5,7-9,11,15H2,1H3/t13-/m1/s1. The van der Waals surface area contributed by atoms with Crippen LogP contribution < -0.4 is 10.5 Å². The molecule has 1 aliphatic rings. The maximum absolute atomic E-state index is 5.95. The number of hydrogen-bond acceptors (Lipinski definition) is 3. The summed E-state index contributed by atoms with van der Waals surface area (Å²) < 4.78 is 5.74. The van der Waals surface area contributed by atoms with Crippen LogP contribution in [-0.2, 0) is 0 Å². The molecule has 1 aliphatic heterocycles. The van der Waals surface area contributed by atoms with Gasteiger partial charge in [0.2, 0.25) is 0 Å². The minimum atomic E-state index is 0.350. The van der Waals surface area contributed by atoms with Crippen LogP contribution in [0.15, 0.2) is 24.3 Å². The third kappa shape index (κ3) is 4.02. The summed E-state index contributed by atoms with van der Waals surface area (Å²) in [5.74, 6) is 0.964. The number of nitrogens with two attached hydrogens (primary N) is 1. The Hall–Kier alpha value is -1.06. The lowest BCUT2D eigenvalue weighted by Gasteiger charge is -2.30. The topological polar surface area (TPSA) is 38.5 Å². The van der Waals surface area contributed by atoms with Crippen molar-refractivity contribution in [1.82, 2.24) is 4.90 Å². The van der Waals surface area contributed by atoms with Crippen LogP contribution >= 0.6 is 0 Å². The normalized spacial score (nSPS) is 21.4. The number of likely N-dealkylation sites (tertiary alicyclic amines) is 1. The van der Waals surface area contributed by atoms with E-state index >= 15 is 0 Å². The molecule has 94 valence electrons. The van der Waals surface area contributed by atoms with Crippen LogP contribution in [0.2, 0.25) is 0 Å². The van der Waals surface area contributed by atoms with Gasteiger partial charge in [-0.25, -0.2) is 0 Å². The first-order valence-electron chi connectivity index (χ1n) is 6.41. The number of piperidine rings is 1. The third-order valence-corrected chi connectivity index (χ3v) is 3.21. The van der Waals surface area contributed by atoms with Gasteiger partial charge in [0.05, 0.1) is 0 Å². The number of nitrogens with zero attached hydrogens (tertiary/aromatic N) is 1. The molecule has 3 nitrogen and oxygen atoms in total. The summed E-state index contributed by atoms with van der Waals surface area (Å²) in [6, 6.07) is 8.54. The molecule has 0 aliphatic carbocycles. The first kappa shape index (κ1) is 12.4. The molecular weight excluding hydrogens is 212 g/mol. The highest BCUT2D eigenvalue weighted by atomic mass is 16.5. The monoisotopic (exact) mass is 234 g/mol. The summed E-state index contributed by atoms with van der Waals surface area (Å²) in [5.41, 5.74) is 7.18. The molecule has 2 N–H and O–H groups in total. The van der Waals surface area contributed by atoms with E-state index in [1.54, 1.807) is 0 Å². The van der Waals surface area contributed by atoms with Gasteiger partial charge >= 0.3 is 0 Å². The highest BCUT2D eigenvalue weighted by Crippen LogP contribution is 2.13. The first-order chi connectivity index (χ1) is 8.24. The van der Waals surface area contributed by atoms with Crippen LogP contribution in [0, 0.1) is 6.92 Å². The molecule has 0 bridgehead atoms. The third-order valence-electron chi connectivity index (χ3n) is 3.21. The molecule has 0 saturated carbocycles. The molecule has 2 rings (SSSR count). The van der Waals surface area contributed by atoms with Gasteiger partial charge in [-0.15, -0.1) is 0 Å². The van der Waals surface area contributed by atoms with E-state index in [1.165, 1.54) is 12.0 Å². The fraction of sp³-hybridized carbons (Fsp3) is 0.571. The lowest BCUT2D eigenvalue weighted by Crippen LogP contribution is -2.44. The van der Waals surface area contributed by atoms with Crippen molar-refractivity contribution in [3.05, 3.63) is 29.8 Å². The largest absolute Gasteiger partial charge is 0.492 e. The zero-order valence-corrected chi connectivity index (χ0v) is 10.6. The van der Waals surface area contributed by atoms with Gasteiger partial charge < -0.3 is 10.5 Å². The SMILES string of the molecule is Cc1cccc(OCCN2CCC[C@@H](N)C2)c1. The zero-order chi connectivity index (χ0) is 12.1. The number of benzene rings is 1. The second-order valence-electron chi connectivity index (χ2n) is 4.87. The molecule has 1 saturated heterocycles. The van der Waals surface area contributed by atoms with E-state index in [2.05, 4.69) is 24.0 Å². The lowest BCUT2D eigenvalue weighted by atomic mass is 10.1. The molecular formula is C14H22N2O. The summed E-state index contributed by atoms with van der Waals surface area (Å²) in [7, 11) is 0. The predicted octanol–water partition coefficient (Wildman–Crippen LogP) is 1.80. The van der Waals surface area contributed by atoms with E-state index in [4.69, 9.17) is 10.5 Å². The molecule has 3 heteroatoms. The van der Waals surface area contributed by atoms with Crippen molar-refractivity contribution < 1.29 is 4.74 Å². The smallest absolute Gasteiger partial charge is 0.119 e. The van der Waals surface area contributed by atoms with E-state index < -0.39 is 0 Å².